The summed E-state index contributed by atoms with van der Waals surface area (Å²) in [7, 11) is 1.60. The van der Waals surface area contributed by atoms with Crippen molar-refractivity contribution in [1.82, 2.24) is 10.2 Å². The van der Waals surface area contributed by atoms with Crippen LogP contribution in [0.3, 0.4) is 0 Å². The maximum absolute atomic E-state index is 13.2. The third kappa shape index (κ3) is 7.63. The van der Waals surface area contributed by atoms with E-state index < -0.39 is 11.6 Å². The molecule has 1 N–H and O–H groups in total. The fourth-order valence-electron chi connectivity index (χ4n) is 3.27. The van der Waals surface area contributed by atoms with Gasteiger partial charge in [-0.05, 0) is 69.5 Å². The summed E-state index contributed by atoms with van der Waals surface area (Å²) in [6.45, 7) is 9.77. The van der Waals surface area contributed by atoms with Crippen molar-refractivity contribution >= 4 is 11.8 Å². The zero-order valence-corrected chi connectivity index (χ0v) is 19.4. The van der Waals surface area contributed by atoms with Crippen LogP contribution in [0.15, 0.2) is 48.5 Å². The van der Waals surface area contributed by atoms with Crippen molar-refractivity contribution < 1.29 is 19.1 Å². The molecule has 1 atom stereocenters. The van der Waals surface area contributed by atoms with Crippen LogP contribution in [-0.4, -0.2) is 42.0 Å². The third-order valence-corrected chi connectivity index (χ3v) is 4.72. The van der Waals surface area contributed by atoms with E-state index in [0.29, 0.717) is 17.9 Å². The highest BCUT2D eigenvalue weighted by atomic mass is 16.5. The van der Waals surface area contributed by atoms with Crippen LogP contribution in [0.1, 0.15) is 45.2 Å². The van der Waals surface area contributed by atoms with E-state index in [-0.39, 0.29) is 25.0 Å². The Bertz CT molecular complexity index is 889. The Morgan fingerprint density at radius 3 is 2.35 bits per heavy atom. The molecule has 0 aliphatic rings. The molecule has 0 bridgehead atoms. The molecule has 31 heavy (non-hydrogen) atoms. The highest BCUT2D eigenvalue weighted by molar-refractivity contribution is 5.88. The van der Waals surface area contributed by atoms with Crippen LogP contribution in [0.25, 0.3) is 0 Å². The summed E-state index contributed by atoms with van der Waals surface area (Å²) < 4.78 is 11.0. The zero-order chi connectivity index (χ0) is 23.0. The Morgan fingerprint density at radius 1 is 1.06 bits per heavy atom. The maximum Gasteiger partial charge on any atom is 0.261 e. The molecule has 0 aliphatic carbocycles. The molecule has 6 heteroatoms. The molecule has 2 aromatic rings. The van der Waals surface area contributed by atoms with E-state index in [0.717, 1.165) is 11.1 Å². The van der Waals surface area contributed by atoms with Gasteiger partial charge >= 0.3 is 0 Å². The largest absolute Gasteiger partial charge is 0.497 e. The second kappa shape index (κ2) is 10.8. The van der Waals surface area contributed by atoms with Gasteiger partial charge in [-0.15, -0.1) is 0 Å². The molecule has 0 unspecified atom stereocenters. The summed E-state index contributed by atoms with van der Waals surface area (Å²) in [6, 6.07) is 14.4. The first kappa shape index (κ1) is 24.3. The summed E-state index contributed by atoms with van der Waals surface area (Å²) in [6.07, 6.45) is 0.488. The number of methoxy groups -OCH3 is 1. The zero-order valence-electron chi connectivity index (χ0n) is 19.4. The number of rotatable bonds is 9. The number of benzene rings is 2. The molecule has 0 radical (unpaired) electrons. The van der Waals surface area contributed by atoms with Crippen molar-refractivity contribution in [2.45, 2.75) is 59.2 Å². The lowest BCUT2D eigenvalue weighted by molar-refractivity contribution is -0.143. The molecular weight excluding hydrogens is 392 g/mol. The van der Waals surface area contributed by atoms with E-state index in [1.807, 2.05) is 83.1 Å². The summed E-state index contributed by atoms with van der Waals surface area (Å²) in [5.74, 6) is 0.900. The number of hydrogen-bond donors (Lipinski definition) is 1. The first-order valence-electron chi connectivity index (χ1n) is 10.6. The van der Waals surface area contributed by atoms with Gasteiger partial charge in [0.2, 0.25) is 5.91 Å². The van der Waals surface area contributed by atoms with E-state index in [2.05, 4.69) is 5.32 Å². The van der Waals surface area contributed by atoms with Crippen molar-refractivity contribution in [3.05, 3.63) is 59.7 Å². The Labute approximate surface area is 185 Å². The minimum absolute atomic E-state index is 0.146. The second-order valence-corrected chi connectivity index (χ2v) is 8.64. The Balaban J connectivity index is 2.26. The Morgan fingerprint density at radius 2 is 1.74 bits per heavy atom. The van der Waals surface area contributed by atoms with Crippen LogP contribution < -0.4 is 14.8 Å². The van der Waals surface area contributed by atoms with Gasteiger partial charge in [-0.3, -0.25) is 9.59 Å². The van der Waals surface area contributed by atoms with E-state index >= 15 is 0 Å². The molecule has 0 spiro atoms. The lowest BCUT2D eigenvalue weighted by atomic mass is 10.1. The van der Waals surface area contributed by atoms with Crippen molar-refractivity contribution in [3.63, 3.8) is 0 Å². The third-order valence-electron chi connectivity index (χ3n) is 4.72. The minimum Gasteiger partial charge on any atom is -0.497 e. The Hall–Kier alpha value is -3.02. The Kier molecular flexibility index (Phi) is 8.48. The number of hydrogen-bond acceptors (Lipinski definition) is 4. The highest BCUT2D eigenvalue weighted by Crippen LogP contribution is 2.19. The first-order valence-corrected chi connectivity index (χ1v) is 10.6. The summed E-state index contributed by atoms with van der Waals surface area (Å²) in [5.41, 5.74) is 1.53. The van der Waals surface area contributed by atoms with Crippen LogP contribution in [-0.2, 0) is 16.1 Å². The molecule has 0 saturated heterocycles. The smallest absolute Gasteiger partial charge is 0.261 e. The number of carbonyl (C=O) groups excluding carboxylic acids is 2. The molecule has 2 rings (SSSR count). The van der Waals surface area contributed by atoms with Crippen LogP contribution in [0.2, 0.25) is 0 Å². The maximum atomic E-state index is 13.2. The normalized spacial score (nSPS) is 12.1. The summed E-state index contributed by atoms with van der Waals surface area (Å²) in [5, 5.41) is 3.00. The van der Waals surface area contributed by atoms with Gasteiger partial charge in [0.15, 0.2) is 6.61 Å². The van der Waals surface area contributed by atoms with Crippen LogP contribution in [0.5, 0.6) is 11.5 Å². The van der Waals surface area contributed by atoms with Crippen molar-refractivity contribution in [3.8, 4) is 11.5 Å². The monoisotopic (exact) mass is 426 g/mol. The summed E-state index contributed by atoms with van der Waals surface area (Å²) in [4.78, 5) is 27.8. The predicted molar refractivity (Wildman–Crippen MR) is 122 cm³/mol. The number of nitrogens with zero attached hydrogens (tertiary/aromatic N) is 1. The molecule has 6 nitrogen and oxygen atoms in total. The van der Waals surface area contributed by atoms with Crippen molar-refractivity contribution in [1.29, 1.82) is 0 Å². The molecule has 0 fully saturated rings. The van der Waals surface area contributed by atoms with E-state index in [4.69, 9.17) is 9.47 Å². The minimum atomic E-state index is -0.612. The molecular formula is C25H34N2O4. The van der Waals surface area contributed by atoms with Crippen LogP contribution in [0, 0.1) is 6.92 Å². The molecule has 2 aromatic carbocycles. The summed E-state index contributed by atoms with van der Waals surface area (Å²) >= 11 is 0. The molecule has 0 aliphatic heterocycles. The quantitative estimate of drug-likeness (QED) is 0.655. The fraction of sp³-hybridized carbons (Fsp3) is 0.440. The number of aryl methyl sites for hydroxylation is 1. The molecule has 2 amide bonds. The van der Waals surface area contributed by atoms with E-state index in [9.17, 15) is 9.59 Å². The van der Waals surface area contributed by atoms with Crippen LogP contribution >= 0.6 is 0 Å². The van der Waals surface area contributed by atoms with Gasteiger partial charge in [-0.1, -0.05) is 31.2 Å². The fourth-order valence-corrected chi connectivity index (χ4v) is 3.27. The predicted octanol–water partition coefficient (Wildman–Crippen LogP) is 4.10. The van der Waals surface area contributed by atoms with E-state index in [1.165, 1.54) is 0 Å². The van der Waals surface area contributed by atoms with Gasteiger partial charge in [-0.2, -0.15) is 0 Å². The van der Waals surface area contributed by atoms with Crippen LogP contribution in [0.4, 0.5) is 0 Å². The SMILES string of the molecule is CC[C@@H](C(=O)NC(C)(C)C)N(Cc1cccc(OC)c1)C(=O)COc1cccc(C)c1. The van der Waals surface area contributed by atoms with Crippen molar-refractivity contribution in [2.24, 2.45) is 0 Å². The highest BCUT2D eigenvalue weighted by Gasteiger charge is 2.31. The lowest BCUT2D eigenvalue weighted by Gasteiger charge is -2.33. The molecule has 168 valence electrons. The van der Waals surface area contributed by atoms with Gasteiger partial charge < -0.3 is 19.7 Å². The van der Waals surface area contributed by atoms with E-state index in [1.54, 1.807) is 12.0 Å². The standard InChI is InChI=1S/C25H34N2O4/c1-7-22(24(29)26-25(3,4)5)27(16-19-11-9-12-20(15-19)30-6)23(28)17-31-21-13-8-10-18(2)14-21/h8-15,22H,7,16-17H2,1-6H3,(H,26,29)/t22-/m0/s1. The number of ether oxygens (including phenoxy) is 2. The topological polar surface area (TPSA) is 67.9 Å². The van der Waals surface area contributed by atoms with Gasteiger partial charge in [0.25, 0.3) is 5.91 Å². The second-order valence-electron chi connectivity index (χ2n) is 8.64. The van der Waals surface area contributed by atoms with Gasteiger partial charge in [0, 0.05) is 12.1 Å². The first-order chi connectivity index (χ1) is 14.6. The van der Waals surface area contributed by atoms with Gasteiger partial charge in [-0.25, -0.2) is 0 Å². The lowest BCUT2D eigenvalue weighted by Crippen LogP contribution is -2.54. The van der Waals surface area contributed by atoms with Gasteiger partial charge in [0.05, 0.1) is 7.11 Å². The average molecular weight is 427 g/mol. The number of carbonyl (C=O) groups is 2. The molecule has 0 aromatic heterocycles. The molecule has 0 saturated carbocycles. The van der Waals surface area contributed by atoms with Crippen molar-refractivity contribution in [2.75, 3.05) is 13.7 Å². The number of nitrogens with one attached hydrogen (secondary N) is 1. The molecule has 0 heterocycles. The van der Waals surface area contributed by atoms with Gasteiger partial charge in [0.1, 0.15) is 17.5 Å². The average Bonchev–Trinajstić information content (AvgIpc) is 2.70. The number of amides is 2.